The average Bonchev–Trinajstić information content (AvgIpc) is 2.63. The molecular formula is C12H21N3OS. The van der Waals surface area contributed by atoms with Gasteiger partial charge in [0, 0.05) is 11.1 Å². The molecule has 96 valence electrons. The van der Waals surface area contributed by atoms with E-state index in [-0.39, 0.29) is 11.9 Å². The van der Waals surface area contributed by atoms with Crippen molar-refractivity contribution in [1.29, 1.82) is 0 Å². The fourth-order valence-corrected chi connectivity index (χ4v) is 2.37. The minimum absolute atomic E-state index is 0.0700. The van der Waals surface area contributed by atoms with Crippen molar-refractivity contribution < 1.29 is 4.79 Å². The predicted octanol–water partition coefficient (Wildman–Crippen LogP) is 2.00. The van der Waals surface area contributed by atoms with E-state index in [2.05, 4.69) is 24.1 Å². The number of hydrogen-bond acceptors (Lipinski definition) is 4. The standard InChI is InChI=1S/C12H21N3OS/c1-7(2)5-10(13)11(16)15-9(4)12-14-8(3)6-17-12/h6-7,9-10H,5,13H2,1-4H3,(H,15,16)/t9?,10-/m0/s1. The van der Waals surface area contributed by atoms with Gasteiger partial charge >= 0.3 is 0 Å². The number of aromatic nitrogens is 1. The molecule has 5 heteroatoms. The first-order chi connectivity index (χ1) is 7.90. The van der Waals surface area contributed by atoms with Crippen LogP contribution in [0.5, 0.6) is 0 Å². The van der Waals surface area contributed by atoms with Crippen molar-refractivity contribution in [3.63, 3.8) is 0 Å². The van der Waals surface area contributed by atoms with E-state index >= 15 is 0 Å². The van der Waals surface area contributed by atoms with Crippen LogP contribution in [0.4, 0.5) is 0 Å². The molecule has 1 aromatic rings. The number of carbonyl (C=O) groups excluding carboxylic acids is 1. The summed E-state index contributed by atoms with van der Waals surface area (Å²) in [4.78, 5) is 16.2. The molecule has 0 aliphatic rings. The van der Waals surface area contributed by atoms with E-state index < -0.39 is 6.04 Å². The summed E-state index contributed by atoms with van der Waals surface area (Å²) in [7, 11) is 0. The lowest BCUT2D eigenvalue weighted by molar-refractivity contribution is -0.123. The third kappa shape index (κ3) is 4.44. The Morgan fingerprint density at radius 1 is 1.53 bits per heavy atom. The lowest BCUT2D eigenvalue weighted by Gasteiger charge is -2.17. The van der Waals surface area contributed by atoms with Gasteiger partial charge < -0.3 is 11.1 Å². The highest BCUT2D eigenvalue weighted by Gasteiger charge is 2.18. The van der Waals surface area contributed by atoms with Crippen LogP contribution >= 0.6 is 11.3 Å². The van der Waals surface area contributed by atoms with E-state index in [4.69, 9.17) is 5.73 Å². The zero-order chi connectivity index (χ0) is 13.0. The smallest absolute Gasteiger partial charge is 0.237 e. The maximum Gasteiger partial charge on any atom is 0.237 e. The third-order valence-electron chi connectivity index (χ3n) is 2.43. The van der Waals surface area contributed by atoms with Gasteiger partial charge in [0.15, 0.2) is 0 Å². The first-order valence-electron chi connectivity index (χ1n) is 5.88. The summed E-state index contributed by atoms with van der Waals surface area (Å²) in [6.45, 7) is 7.98. The van der Waals surface area contributed by atoms with Crippen LogP contribution < -0.4 is 11.1 Å². The van der Waals surface area contributed by atoms with Crippen molar-refractivity contribution in [2.45, 2.75) is 46.2 Å². The van der Waals surface area contributed by atoms with Gasteiger partial charge in [-0.05, 0) is 26.2 Å². The Morgan fingerprint density at radius 2 is 2.18 bits per heavy atom. The van der Waals surface area contributed by atoms with Crippen LogP contribution in [-0.4, -0.2) is 16.9 Å². The molecule has 4 nitrogen and oxygen atoms in total. The molecule has 2 atom stereocenters. The number of carbonyl (C=O) groups is 1. The largest absolute Gasteiger partial charge is 0.346 e. The normalized spacial score (nSPS) is 14.7. The number of hydrogen-bond donors (Lipinski definition) is 2. The van der Waals surface area contributed by atoms with Crippen LogP contribution in [0.1, 0.15) is 43.9 Å². The van der Waals surface area contributed by atoms with Crippen LogP contribution in [-0.2, 0) is 4.79 Å². The lowest BCUT2D eigenvalue weighted by atomic mass is 10.0. The highest BCUT2D eigenvalue weighted by Crippen LogP contribution is 2.17. The first kappa shape index (κ1) is 14.1. The molecule has 0 saturated heterocycles. The van der Waals surface area contributed by atoms with Crippen LogP contribution in [0.3, 0.4) is 0 Å². The first-order valence-corrected chi connectivity index (χ1v) is 6.76. The van der Waals surface area contributed by atoms with Gasteiger partial charge in [-0.15, -0.1) is 11.3 Å². The van der Waals surface area contributed by atoms with Crippen LogP contribution in [0.25, 0.3) is 0 Å². The minimum atomic E-state index is -0.432. The topological polar surface area (TPSA) is 68.0 Å². The summed E-state index contributed by atoms with van der Waals surface area (Å²) in [6, 6.07) is -0.502. The second kappa shape index (κ2) is 6.12. The van der Waals surface area contributed by atoms with E-state index in [9.17, 15) is 4.79 Å². The fraction of sp³-hybridized carbons (Fsp3) is 0.667. The van der Waals surface area contributed by atoms with E-state index in [0.29, 0.717) is 12.3 Å². The third-order valence-corrected chi connectivity index (χ3v) is 3.57. The molecule has 0 aromatic carbocycles. The van der Waals surface area contributed by atoms with Crippen LogP contribution in [0.2, 0.25) is 0 Å². The van der Waals surface area contributed by atoms with Gasteiger partial charge in [0.05, 0.1) is 12.1 Å². The van der Waals surface area contributed by atoms with Gasteiger partial charge in [-0.1, -0.05) is 13.8 Å². The zero-order valence-electron chi connectivity index (χ0n) is 10.9. The number of amides is 1. The molecule has 0 spiro atoms. The van der Waals surface area contributed by atoms with Crippen LogP contribution in [0, 0.1) is 12.8 Å². The number of nitrogens with two attached hydrogens (primary N) is 1. The molecular weight excluding hydrogens is 234 g/mol. The van der Waals surface area contributed by atoms with E-state index in [0.717, 1.165) is 10.7 Å². The predicted molar refractivity (Wildman–Crippen MR) is 70.8 cm³/mol. The summed E-state index contributed by atoms with van der Waals surface area (Å²) in [5.41, 5.74) is 6.80. The molecule has 1 amide bonds. The lowest BCUT2D eigenvalue weighted by Crippen LogP contribution is -2.42. The molecule has 3 N–H and O–H groups in total. The molecule has 0 fully saturated rings. The maximum absolute atomic E-state index is 11.8. The van der Waals surface area contributed by atoms with E-state index in [1.807, 2.05) is 19.2 Å². The summed E-state index contributed by atoms with van der Waals surface area (Å²) in [5.74, 6) is 0.326. The Bertz CT molecular complexity index is 376. The Hall–Kier alpha value is -0.940. The number of aryl methyl sites for hydroxylation is 1. The van der Waals surface area contributed by atoms with Gasteiger partial charge in [-0.25, -0.2) is 4.98 Å². The molecule has 0 saturated carbocycles. The SMILES string of the molecule is Cc1csc(C(C)NC(=O)[C@@H](N)CC(C)C)n1. The minimum Gasteiger partial charge on any atom is -0.346 e. The molecule has 1 rings (SSSR count). The second-order valence-corrected chi connectivity index (χ2v) is 5.68. The van der Waals surface area contributed by atoms with Gasteiger partial charge in [0.2, 0.25) is 5.91 Å². The van der Waals surface area contributed by atoms with Crippen molar-refractivity contribution in [2.24, 2.45) is 11.7 Å². The Morgan fingerprint density at radius 3 is 2.65 bits per heavy atom. The van der Waals surface area contributed by atoms with Crippen molar-refractivity contribution in [3.8, 4) is 0 Å². The number of rotatable bonds is 5. The second-order valence-electron chi connectivity index (χ2n) is 4.79. The number of nitrogens with one attached hydrogen (secondary N) is 1. The number of nitrogens with zero attached hydrogens (tertiary/aromatic N) is 1. The zero-order valence-corrected chi connectivity index (χ0v) is 11.7. The van der Waals surface area contributed by atoms with Gasteiger partial charge in [-0.3, -0.25) is 4.79 Å². The van der Waals surface area contributed by atoms with Crippen LogP contribution in [0.15, 0.2) is 5.38 Å². The molecule has 1 aromatic heterocycles. The highest BCUT2D eigenvalue weighted by atomic mass is 32.1. The maximum atomic E-state index is 11.8. The van der Waals surface area contributed by atoms with Crippen molar-refractivity contribution in [3.05, 3.63) is 16.1 Å². The molecule has 0 bridgehead atoms. The van der Waals surface area contributed by atoms with E-state index in [1.54, 1.807) is 11.3 Å². The molecule has 0 aliphatic heterocycles. The number of thiazole rings is 1. The monoisotopic (exact) mass is 255 g/mol. The summed E-state index contributed by atoms with van der Waals surface area (Å²) >= 11 is 1.56. The van der Waals surface area contributed by atoms with Gasteiger partial charge in [-0.2, -0.15) is 0 Å². The summed E-state index contributed by atoms with van der Waals surface area (Å²) in [5, 5.41) is 5.80. The van der Waals surface area contributed by atoms with Gasteiger partial charge in [0.25, 0.3) is 0 Å². The molecule has 17 heavy (non-hydrogen) atoms. The fourth-order valence-electron chi connectivity index (χ4n) is 1.57. The van der Waals surface area contributed by atoms with E-state index in [1.165, 1.54) is 0 Å². The summed E-state index contributed by atoms with van der Waals surface area (Å²) in [6.07, 6.45) is 0.704. The highest BCUT2D eigenvalue weighted by molar-refractivity contribution is 7.09. The van der Waals surface area contributed by atoms with Crippen molar-refractivity contribution in [1.82, 2.24) is 10.3 Å². The molecule has 1 heterocycles. The van der Waals surface area contributed by atoms with Gasteiger partial charge in [0.1, 0.15) is 5.01 Å². The Labute approximate surface area is 107 Å². The summed E-state index contributed by atoms with van der Waals surface area (Å²) < 4.78 is 0. The van der Waals surface area contributed by atoms with Crippen molar-refractivity contribution in [2.75, 3.05) is 0 Å². The molecule has 0 radical (unpaired) electrons. The van der Waals surface area contributed by atoms with Crippen molar-refractivity contribution >= 4 is 17.2 Å². The average molecular weight is 255 g/mol. The Kier molecular flexibility index (Phi) is 5.08. The molecule has 0 aliphatic carbocycles. The molecule has 1 unspecified atom stereocenters. The Balaban J connectivity index is 2.51. The quantitative estimate of drug-likeness (QED) is 0.845.